The number of likely N-dealkylation sites (N-methyl/N-ethyl adjacent to an activating group) is 1. The second kappa shape index (κ2) is 8.93. The minimum Gasteiger partial charge on any atom is -0.490 e. The van der Waals surface area contributed by atoms with Gasteiger partial charge in [0.2, 0.25) is 0 Å². The van der Waals surface area contributed by atoms with Gasteiger partial charge < -0.3 is 9.64 Å². The largest absolute Gasteiger partial charge is 0.490 e. The summed E-state index contributed by atoms with van der Waals surface area (Å²) in [5.74, 6) is 0.826. The SMILES string of the molecule is CN1CCC[C@H]1COc1cncc(-c2cccnc2)c1.Cl.Cl. The first-order valence-electron chi connectivity index (χ1n) is 7.01. The smallest absolute Gasteiger partial charge is 0.138 e. The topological polar surface area (TPSA) is 38.2 Å². The van der Waals surface area contributed by atoms with Crippen molar-refractivity contribution in [2.75, 3.05) is 20.2 Å². The van der Waals surface area contributed by atoms with Gasteiger partial charge in [-0.25, -0.2) is 0 Å². The maximum atomic E-state index is 5.90. The third kappa shape index (κ3) is 4.57. The number of rotatable bonds is 4. The lowest BCUT2D eigenvalue weighted by atomic mass is 10.1. The summed E-state index contributed by atoms with van der Waals surface area (Å²) in [5.41, 5.74) is 2.10. The molecular formula is C16H21Cl2N3O. The molecule has 2 aromatic heterocycles. The van der Waals surface area contributed by atoms with Crippen LogP contribution in [0.25, 0.3) is 11.1 Å². The van der Waals surface area contributed by atoms with Gasteiger partial charge in [-0.1, -0.05) is 6.07 Å². The standard InChI is InChI=1S/C16H19N3O.2ClH/c1-19-7-3-5-15(19)12-20-16-8-14(10-18-11-16)13-4-2-6-17-9-13;;/h2,4,6,8-11,15H,3,5,7,12H2,1H3;2*1H/t15-;;/m0../s1. The molecule has 0 aromatic carbocycles. The molecule has 1 aliphatic rings. The highest BCUT2D eigenvalue weighted by molar-refractivity contribution is 5.85. The fraction of sp³-hybridized carbons (Fsp3) is 0.375. The van der Waals surface area contributed by atoms with Crippen LogP contribution in [-0.2, 0) is 0 Å². The molecule has 120 valence electrons. The van der Waals surface area contributed by atoms with Crippen molar-refractivity contribution in [1.29, 1.82) is 0 Å². The molecule has 3 heterocycles. The maximum absolute atomic E-state index is 5.90. The van der Waals surface area contributed by atoms with Crippen molar-refractivity contribution >= 4 is 24.8 Å². The molecule has 4 nitrogen and oxygen atoms in total. The van der Waals surface area contributed by atoms with Gasteiger partial charge in [-0.3, -0.25) is 9.97 Å². The van der Waals surface area contributed by atoms with Gasteiger partial charge in [0.25, 0.3) is 0 Å². The van der Waals surface area contributed by atoms with Gasteiger partial charge in [-0.05, 0) is 38.6 Å². The van der Waals surface area contributed by atoms with E-state index in [1.54, 1.807) is 12.4 Å². The lowest BCUT2D eigenvalue weighted by Gasteiger charge is -2.19. The molecule has 1 atom stereocenters. The van der Waals surface area contributed by atoms with Crippen LogP contribution in [0.3, 0.4) is 0 Å². The van der Waals surface area contributed by atoms with E-state index in [9.17, 15) is 0 Å². The maximum Gasteiger partial charge on any atom is 0.138 e. The molecule has 1 aliphatic heterocycles. The van der Waals surface area contributed by atoms with Crippen LogP contribution in [0.2, 0.25) is 0 Å². The predicted molar refractivity (Wildman–Crippen MR) is 93.1 cm³/mol. The third-order valence-corrected chi connectivity index (χ3v) is 3.82. The summed E-state index contributed by atoms with van der Waals surface area (Å²) < 4.78 is 5.90. The molecular weight excluding hydrogens is 321 g/mol. The van der Waals surface area contributed by atoms with Crippen LogP contribution in [0.5, 0.6) is 5.75 Å². The summed E-state index contributed by atoms with van der Waals surface area (Å²) in [4.78, 5) is 10.8. The minimum absolute atomic E-state index is 0. The van der Waals surface area contributed by atoms with Crippen LogP contribution in [-0.4, -0.2) is 41.1 Å². The van der Waals surface area contributed by atoms with E-state index in [1.165, 1.54) is 19.4 Å². The Morgan fingerprint density at radius 2 is 2.00 bits per heavy atom. The molecule has 22 heavy (non-hydrogen) atoms. The molecule has 1 fully saturated rings. The summed E-state index contributed by atoms with van der Waals surface area (Å²) in [7, 11) is 2.16. The van der Waals surface area contributed by atoms with Crippen molar-refractivity contribution < 1.29 is 4.74 Å². The number of hydrogen-bond acceptors (Lipinski definition) is 4. The Labute approximate surface area is 143 Å². The fourth-order valence-electron chi connectivity index (χ4n) is 2.57. The number of hydrogen-bond donors (Lipinski definition) is 0. The number of nitrogens with zero attached hydrogens (tertiary/aromatic N) is 3. The van der Waals surface area contributed by atoms with Crippen molar-refractivity contribution in [1.82, 2.24) is 14.9 Å². The van der Waals surface area contributed by atoms with Crippen molar-refractivity contribution in [2.45, 2.75) is 18.9 Å². The number of aromatic nitrogens is 2. The molecule has 1 saturated heterocycles. The average Bonchev–Trinajstić information content (AvgIpc) is 2.92. The molecule has 3 rings (SSSR count). The van der Waals surface area contributed by atoms with Crippen LogP contribution < -0.4 is 4.74 Å². The molecule has 6 heteroatoms. The van der Waals surface area contributed by atoms with Gasteiger partial charge in [-0.15, -0.1) is 24.8 Å². The Kier molecular flexibility index (Phi) is 7.59. The van der Waals surface area contributed by atoms with Gasteiger partial charge in [0.05, 0.1) is 6.20 Å². The van der Waals surface area contributed by atoms with Crippen LogP contribution in [0.1, 0.15) is 12.8 Å². The summed E-state index contributed by atoms with van der Waals surface area (Å²) in [6.45, 7) is 1.90. The lowest BCUT2D eigenvalue weighted by molar-refractivity contribution is 0.198. The minimum atomic E-state index is 0. The molecule has 0 unspecified atom stereocenters. The Morgan fingerprint density at radius 1 is 1.18 bits per heavy atom. The second-order valence-electron chi connectivity index (χ2n) is 5.24. The van der Waals surface area contributed by atoms with E-state index in [1.807, 2.05) is 30.6 Å². The third-order valence-electron chi connectivity index (χ3n) is 3.82. The van der Waals surface area contributed by atoms with Gasteiger partial charge in [-0.2, -0.15) is 0 Å². The zero-order chi connectivity index (χ0) is 13.8. The fourth-order valence-corrected chi connectivity index (χ4v) is 2.57. The van der Waals surface area contributed by atoms with Crippen LogP contribution in [0.4, 0.5) is 0 Å². The van der Waals surface area contributed by atoms with E-state index < -0.39 is 0 Å². The first-order valence-corrected chi connectivity index (χ1v) is 7.01. The molecule has 0 bridgehead atoms. The van der Waals surface area contributed by atoms with E-state index in [2.05, 4.69) is 21.9 Å². The summed E-state index contributed by atoms with van der Waals surface area (Å²) in [6.07, 6.45) is 9.70. The van der Waals surface area contributed by atoms with Gasteiger partial charge in [0.15, 0.2) is 0 Å². The average molecular weight is 342 g/mol. The Balaban J connectivity index is 0.00000121. The molecule has 0 saturated carbocycles. The molecule has 0 aliphatic carbocycles. The van der Waals surface area contributed by atoms with E-state index >= 15 is 0 Å². The Morgan fingerprint density at radius 3 is 2.68 bits per heavy atom. The highest BCUT2D eigenvalue weighted by Gasteiger charge is 2.21. The first kappa shape index (κ1) is 18.7. The molecule has 0 spiro atoms. The van der Waals surface area contributed by atoms with Gasteiger partial charge in [0, 0.05) is 35.8 Å². The first-order chi connectivity index (χ1) is 9.83. The monoisotopic (exact) mass is 341 g/mol. The number of halogens is 2. The summed E-state index contributed by atoms with van der Waals surface area (Å²) in [6, 6.07) is 6.51. The van der Waals surface area contributed by atoms with Crippen molar-refractivity contribution in [2.24, 2.45) is 0 Å². The van der Waals surface area contributed by atoms with Crippen LogP contribution in [0, 0.1) is 0 Å². The summed E-state index contributed by atoms with van der Waals surface area (Å²) >= 11 is 0. The molecule has 0 amide bonds. The Bertz CT molecular complexity index is 568. The van der Waals surface area contributed by atoms with Crippen molar-refractivity contribution in [3.63, 3.8) is 0 Å². The van der Waals surface area contributed by atoms with Crippen molar-refractivity contribution in [3.8, 4) is 16.9 Å². The second-order valence-corrected chi connectivity index (χ2v) is 5.24. The zero-order valence-corrected chi connectivity index (χ0v) is 14.1. The van der Waals surface area contributed by atoms with Crippen LogP contribution in [0.15, 0.2) is 43.0 Å². The van der Waals surface area contributed by atoms with E-state index in [0.29, 0.717) is 6.04 Å². The quantitative estimate of drug-likeness (QED) is 0.853. The summed E-state index contributed by atoms with van der Waals surface area (Å²) in [5, 5.41) is 0. The highest BCUT2D eigenvalue weighted by Crippen LogP contribution is 2.22. The molecule has 2 aromatic rings. The Hall–Kier alpha value is -1.36. The number of pyridine rings is 2. The lowest BCUT2D eigenvalue weighted by Crippen LogP contribution is -2.30. The highest BCUT2D eigenvalue weighted by atomic mass is 35.5. The van der Waals surface area contributed by atoms with Gasteiger partial charge >= 0.3 is 0 Å². The van der Waals surface area contributed by atoms with E-state index in [0.717, 1.165) is 23.5 Å². The predicted octanol–water partition coefficient (Wildman–Crippen LogP) is 3.46. The van der Waals surface area contributed by atoms with Gasteiger partial charge in [0.1, 0.15) is 12.4 Å². The van der Waals surface area contributed by atoms with E-state index in [-0.39, 0.29) is 24.8 Å². The van der Waals surface area contributed by atoms with Crippen LogP contribution >= 0.6 is 24.8 Å². The normalized spacial score (nSPS) is 17.4. The van der Waals surface area contributed by atoms with Crippen molar-refractivity contribution in [3.05, 3.63) is 43.0 Å². The number of ether oxygens (including phenoxy) is 1. The number of likely N-dealkylation sites (tertiary alicyclic amines) is 1. The molecule has 0 N–H and O–H groups in total. The zero-order valence-electron chi connectivity index (χ0n) is 12.5. The molecule has 0 radical (unpaired) electrons. The van der Waals surface area contributed by atoms with E-state index in [4.69, 9.17) is 4.74 Å².